The van der Waals surface area contributed by atoms with Crippen LogP contribution >= 0.6 is 0 Å². The van der Waals surface area contributed by atoms with Gasteiger partial charge < -0.3 is 24.7 Å². The molecule has 0 saturated carbocycles. The minimum atomic E-state index is -0.0571. The molecule has 184 valence electrons. The Hall–Kier alpha value is -3.46. The van der Waals surface area contributed by atoms with Gasteiger partial charge in [0.15, 0.2) is 11.5 Å². The van der Waals surface area contributed by atoms with Crippen molar-refractivity contribution >= 4 is 11.6 Å². The molecule has 1 aliphatic carbocycles. The Morgan fingerprint density at radius 1 is 1.17 bits per heavy atom. The van der Waals surface area contributed by atoms with Crippen LogP contribution in [0.1, 0.15) is 48.6 Å². The Kier molecular flexibility index (Phi) is 7.23. The number of methoxy groups -OCH3 is 1. The summed E-state index contributed by atoms with van der Waals surface area (Å²) in [6, 6.07) is 7.66. The zero-order valence-electron chi connectivity index (χ0n) is 20.1. The van der Waals surface area contributed by atoms with E-state index >= 15 is 0 Å². The molecule has 3 heterocycles. The molecule has 1 saturated heterocycles. The van der Waals surface area contributed by atoms with Gasteiger partial charge in [0.2, 0.25) is 5.95 Å². The Labute approximate surface area is 204 Å². The second kappa shape index (κ2) is 10.9. The van der Waals surface area contributed by atoms with Gasteiger partial charge in [-0.2, -0.15) is 0 Å². The first kappa shape index (κ1) is 23.3. The first-order valence-corrected chi connectivity index (χ1v) is 12.4. The Morgan fingerprint density at radius 3 is 2.91 bits per heavy atom. The van der Waals surface area contributed by atoms with Gasteiger partial charge >= 0.3 is 0 Å². The van der Waals surface area contributed by atoms with E-state index in [1.165, 1.54) is 32.3 Å². The van der Waals surface area contributed by atoms with Crippen molar-refractivity contribution in [2.75, 3.05) is 38.7 Å². The van der Waals surface area contributed by atoms with E-state index < -0.39 is 0 Å². The molecule has 9 nitrogen and oxygen atoms in total. The predicted molar refractivity (Wildman–Crippen MR) is 134 cm³/mol. The second-order valence-corrected chi connectivity index (χ2v) is 9.14. The number of anilines is 2. The maximum atomic E-state index is 12.2. The topological polar surface area (TPSA) is 105 Å². The zero-order valence-corrected chi connectivity index (χ0v) is 20.1. The number of aromatic nitrogens is 4. The first-order chi connectivity index (χ1) is 17.2. The summed E-state index contributed by atoms with van der Waals surface area (Å²) in [7, 11) is 1.65. The number of hydrogen-bond donors (Lipinski definition) is 2. The van der Waals surface area contributed by atoms with Crippen molar-refractivity contribution in [3.05, 3.63) is 64.1 Å². The van der Waals surface area contributed by atoms with Gasteiger partial charge in [-0.3, -0.25) is 4.79 Å². The van der Waals surface area contributed by atoms with Gasteiger partial charge in [-0.15, -0.1) is 0 Å². The summed E-state index contributed by atoms with van der Waals surface area (Å²) in [5, 5.41) is 3.29. The fourth-order valence-electron chi connectivity index (χ4n) is 4.94. The summed E-state index contributed by atoms with van der Waals surface area (Å²) in [6.07, 6.45) is 9.12. The van der Waals surface area contributed by atoms with Crippen molar-refractivity contribution in [1.82, 2.24) is 24.8 Å². The van der Waals surface area contributed by atoms with Crippen LogP contribution in [0.15, 0.2) is 41.6 Å². The van der Waals surface area contributed by atoms with Crippen LogP contribution in [-0.2, 0) is 12.8 Å². The highest BCUT2D eigenvalue weighted by atomic mass is 16.5. The number of hydrogen-bond acceptors (Lipinski definition) is 8. The van der Waals surface area contributed by atoms with E-state index in [4.69, 9.17) is 14.5 Å². The molecule has 1 unspecified atom stereocenters. The van der Waals surface area contributed by atoms with Crippen LogP contribution < -0.4 is 20.3 Å². The summed E-state index contributed by atoms with van der Waals surface area (Å²) < 4.78 is 11.5. The fraction of sp³-hybridized carbons (Fsp3) is 0.462. The van der Waals surface area contributed by atoms with E-state index in [-0.39, 0.29) is 11.5 Å². The van der Waals surface area contributed by atoms with Crippen molar-refractivity contribution in [3.63, 3.8) is 0 Å². The maximum absolute atomic E-state index is 12.2. The molecule has 0 spiro atoms. The quantitative estimate of drug-likeness (QED) is 0.453. The monoisotopic (exact) mass is 476 g/mol. The SMILES string of the molecule is COc1ccc(Nc2nccc(C3CCc4nc[nH]c(=O)c4C3)n2)cc1OCCCN1CCCC1. The largest absolute Gasteiger partial charge is 0.493 e. The summed E-state index contributed by atoms with van der Waals surface area (Å²) in [6.45, 7) is 4.10. The van der Waals surface area contributed by atoms with Crippen molar-refractivity contribution in [1.29, 1.82) is 0 Å². The van der Waals surface area contributed by atoms with E-state index in [2.05, 4.69) is 25.2 Å². The van der Waals surface area contributed by atoms with Crippen LogP contribution in [-0.4, -0.2) is 58.2 Å². The number of nitrogens with one attached hydrogen (secondary N) is 2. The van der Waals surface area contributed by atoms with Crippen molar-refractivity contribution in [3.8, 4) is 11.5 Å². The van der Waals surface area contributed by atoms with Crippen LogP contribution in [0.3, 0.4) is 0 Å². The molecule has 2 aliphatic rings. The lowest BCUT2D eigenvalue weighted by atomic mass is 9.85. The van der Waals surface area contributed by atoms with Crippen molar-refractivity contribution in [2.45, 2.75) is 44.4 Å². The molecular formula is C26H32N6O3. The Balaban J connectivity index is 1.24. The number of likely N-dealkylation sites (tertiary alicyclic amines) is 1. The normalized spacial score (nSPS) is 17.7. The molecule has 0 amide bonds. The molecule has 1 aliphatic heterocycles. The van der Waals surface area contributed by atoms with Gasteiger partial charge in [0, 0.05) is 41.7 Å². The highest BCUT2D eigenvalue weighted by Crippen LogP contribution is 2.32. The second-order valence-electron chi connectivity index (χ2n) is 9.14. The number of H-pyrrole nitrogens is 1. The number of fused-ring (bicyclic) bond motifs is 1. The third-order valence-electron chi connectivity index (χ3n) is 6.81. The van der Waals surface area contributed by atoms with Crippen molar-refractivity contribution < 1.29 is 9.47 Å². The molecule has 3 aromatic rings. The number of aromatic amines is 1. The van der Waals surface area contributed by atoms with Gasteiger partial charge in [0.05, 0.1) is 25.7 Å². The van der Waals surface area contributed by atoms with Crippen LogP contribution in [0, 0.1) is 0 Å². The minimum absolute atomic E-state index is 0.0571. The average Bonchev–Trinajstić information content (AvgIpc) is 3.41. The molecule has 9 heteroatoms. The lowest BCUT2D eigenvalue weighted by Crippen LogP contribution is -2.24. The molecule has 2 aromatic heterocycles. The zero-order chi connectivity index (χ0) is 24.0. The minimum Gasteiger partial charge on any atom is -0.493 e. The number of benzene rings is 1. The highest BCUT2D eigenvalue weighted by Gasteiger charge is 2.24. The third kappa shape index (κ3) is 5.62. The molecule has 0 radical (unpaired) electrons. The number of rotatable bonds is 9. The van der Waals surface area contributed by atoms with Crippen LogP contribution in [0.5, 0.6) is 11.5 Å². The van der Waals surface area contributed by atoms with E-state index in [0.29, 0.717) is 30.5 Å². The molecule has 2 N–H and O–H groups in total. The number of nitrogens with zero attached hydrogens (tertiary/aromatic N) is 4. The molecule has 1 fully saturated rings. The summed E-state index contributed by atoms with van der Waals surface area (Å²) in [5.41, 5.74) is 3.34. The van der Waals surface area contributed by atoms with E-state index in [1.807, 2.05) is 24.3 Å². The smallest absolute Gasteiger partial charge is 0.254 e. The average molecular weight is 477 g/mol. The molecule has 1 atom stereocenters. The third-order valence-corrected chi connectivity index (χ3v) is 6.81. The van der Waals surface area contributed by atoms with Gasteiger partial charge in [-0.05, 0) is 69.8 Å². The van der Waals surface area contributed by atoms with Gasteiger partial charge in [-0.25, -0.2) is 15.0 Å². The van der Waals surface area contributed by atoms with Gasteiger partial charge in [0.25, 0.3) is 5.56 Å². The fourth-order valence-corrected chi connectivity index (χ4v) is 4.94. The molecule has 1 aromatic carbocycles. The standard InChI is InChI=1S/C26H32N6O3/c1-34-23-8-6-19(16-24(23)35-14-4-13-32-11-2-3-12-32)30-26-27-10-9-21(31-26)18-5-7-22-20(15-18)25(33)29-17-28-22/h6,8-10,16-18H,2-5,7,11-15H2,1H3,(H,27,30,31)(H,28,29,33). The Bertz CT molecular complexity index is 1210. The van der Waals surface area contributed by atoms with Gasteiger partial charge in [-0.1, -0.05) is 0 Å². The molecular weight excluding hydrogens is 444 g/mol. The Morgan fingerprint density at radius 2 is 2.06 bits per heavy atom. The van der Waals surface area contributed by atoms with Crippen LogP contribution in [0.2, 0.25) is 0 Å². The van der Waals surface area contributed by atoms with Crippen molar-refractivity contribution in [2.24, 2.45) is 0 Å². The molecule has 35 heavy (non-hydrogen) atoms. The summed E-state index contributed by atoms with van der Waals surface area (Å²) in [5.74, 6) is 2.07. The molecule has 0 bridgehead atoms. The highest BCUT2D eigenvalue weighted by molar-refractivity contribution is 5.59. The van der Waals surface area contributed by atoms with E-state index in [1.54, 1.807) is 13.3 Å². The molecule has 5 rings (SSSR count). The summed E-state index contributed by atoms with van der Waals surface area (Å²) >= 11 is 0. The maximum Gasteiger partial charge on any atom is 0.254 e. The first-order valence-electron chi connectivity index (χ1n) is 12.4. The predicted octanol–water partition coefficient (Wildman–Crippen LogP) is 3.45. The summed E-state index contributed by atoms with van der Waals surface area (Å²) in [4.78, 5) is 30.9. The number of ether oxygens (including phenoxy) is 2. The van der Waals surface area contributed by atoms with Crippen LogP contribution in [0.25, 0.3) is 0 Å². The van der Waals surface area contributed by atoms with E-state index in [9.17, 15) is 4.79 Å². The van der Waals surface area contributed by atoms with Gasteiger partial charge in [0.1, 0.15) is 0 Å². The lowest BCUT2D eigenvalue weighted by molar-refractivity contribution is 0.254. The van der Waals surface area contributed by atoms with E-state index in [0.717, 1.165) is 48.4 Å². The number of aryl methyl sites for hydroxylation is 1. The van der Waals surface area contributed by atoms with Crippen LogP contribution in [0.4, 0.5) is 11.6 Å². The lowest BCUT2D eigenvalue weighted by Gasteiger charge is -2.22.